The van der Waals surface area contributed by atoms with Gasteiger partial charge in [0.15, 0.2) is 5.82 Å². The van der Waals surface area contributed by atoms with Crippen LogP contribution in [0, 0.1) is 11.3 Å². The van der Waals surface area contributed by atoms with Gasteiger partial charge in [0.2, 0.25) is 18.2 Å². The lowest BCUT2D eigenvalue weighted by molar-refractivity contribution is -0.154. The molecule has 1 saturated heterocycles. The number of nitrogens with zero attached hydrogens (tertiary/aromatic N) is 3. The SMILES string of the molecule is CCCC[C@H](CC(=O)N1CC2(CC2)C[C@H]1C(=O)Nc1cc(C(C)(C)C)on1)CN(O)C=O. The van der Waals surface area contributed by atoms with Crippen LogP contribution in [0.5, 0.6) is 0 Å². The van der Waals surface area contributed by atoms with Crippen molar-refractivity contribution < 1.29 is 24.1 Å². The summed E-state index contributed by atoms with van der Waals surface area (Å²) in [7, 11) is 0. The minimum Gasteiger partial charge on any atom is -0.359 e. The summed E-state index contributed by atoms with van der Waals surface area (Å²) in [5.74, 6) is 0.518. The van der Waals surface area contributed by atoms with E-state index in [1.807, 2.05) is 20.8 Å². The van der Waals surface area contributed by atoms with E-state index in [0.29, 0.717) is 36.0 Å². The Hall–Kier alpha value is -2.42. The van der Waals surface area contributed by atoms with Crippen LogP contribution in [0.4, 0.5) is 5.82 Å². The van der Waals surface area contributed by atoms with Gasteiger partial charge in [-0.05, 0) is 37.0 Å². The number of hydrogen-bond donors (Lipinski definition) is 2. The Morgan fingerprint density at radius 3 is 2.72 bits per heavy atom. The van der Waals surface area contributed by atoms with Crippen molar-refractivity contribution in [2.45, 2.75) is 84.1 Å². The molecule has 178 valence electrons. The van der Waals surface area contributed by atoms with Crippen molar-refractivity contribution in [3.8, 4) is 0 Å². The second kappa shape index (κ2) is 9.60. The molecule has 9 heteroatoms. The van der Waals surface area contributed by atoms with Gasteiger partial charge in [0.05, 0.1) is 6.54 Å². The lowest BCUT2D eigenvalue weighted by Crippen LogP contribution is -2.44. The summed E-state index contributed by atoms with van der Waals surface area (Å²) in [6.07, 6.45) is 5.85. The van der Waals surface area contributed by atoms with Crippen LogP contribution in [0.3, 0.4) is 0 Å². The van der Waals surface area contributed by atoms with E-state index >= 15 is 0 Å². The molecule has 3 rings (SSSR count). The van der Waals surface area contributed by atoms with Crippen LogP contribution in [-0.2, 0) is 19.8 Å². The highest BCUT2D eigenvalue weighted by atomic mass is 16.5. The Morgan fingerprint density at radius 1 is 1.44 bits per heavy atom. The van der Waals surface area contributed by atoms with E-state index in [4.69, 9.17) is 4.52 Å². The molecule has 1 saturated carbocycles. The molecule has 0 aromatic carbocycles. The van der Waals surface area contributed by atoms with Gasteiger partial charge in [-0.15, -0.1) is 0 Å². The summed E-state index contributed by atoms with van der Waals surface area (Å²) >= 11 is 0. The van der Waals surface area contributed by atoms with E-state index in [-0.39, 0.29) is 41.5 Å². The molecule has 3 amide bonds. The number of amides is 3. The number of rotatable bonds is 10. The zero-order valence-corrected chi connectivity index (χ0v) is 19.6. The van der Waals surface area contributed by atoms with Crippen molar-refractivity contribution >= 4 is 24.0 Å². The molecule has 2 N–H and O–H groups in total. The minimum absolute atomic E-state index is 0.0444. The summed E-state index contributed by atoms with van der Waals surface area (Å²) in [6.45, 7) is 8.75. The zero-order chi connectivity index (χ0) is 23.5. The zero-order valence-electron chi connectivity index (χ0n) is 19.6. The van der Waals surface area contributed by atoms with Gasteiger partial charge >= 0.3 is 0 Å². The number of likely N-dealkylation sites (tertiary alicyclic amines) is 1. The van der Waals surface area contributed by atoms with Crippen LogP contribution in [0.25, 0.3) is 0 Å². The number of carbonyl (C=O) groups excluding carboxylic acids is 3. The Bertz CT molecular complexity index is 827. The number of hydrogen-bond acceptors (Lipinski definition) is 6. The fourth-order valence-electron chi connectivity index (χ4n) is 4.41. The van der Waals surface area contributed by atoms with E-state index in [9.17, 15) is 19.6 Å². The maximum Gasteiger partial charge on any atom is 0.248 e. The van der Waals surface area contributed by atoms with Crippen molar-refractivity contribution in [2.75, 3.05) is 18.4 Å². The monoisotopic (exact) mass is 448 g/mol. The number of nitrogens with one attached hydrogen (secondary N) is 1. The molecular weight excluding hydrogens is 412 g/mol. The van der Waals surface area contributed by atoms with E-state index in [1.165, 1.54) is 0 Å². The molecule has 2 atom stereocenters. The molecular formula is C23H36N4O5. The predicted molar refractivity (Wildman–Crippen MR) is 118 cm³/mol. The van der Waals surface area contributed by atoms with Crippen LogP contribution in [0.15, 0.2) is 10.6 Å². The van der Waals surface area contributed by atoms with Crippen molar-refractivity contribution in [1.82, 2.24) is 15.1 Å². The molecule has 32 heavy (non-hydrogen) atoms. The smallest absolute Gasteiger partial charge is 0.248 e. The van der Waals surface area contributed by atoms with Crippen molar-refractivity contribution in [2.24, 2.45) is 11.3 Å². The molecule has 1 spiro atoms. The van der Waals surface area contributed by atoms with Gasteiger partial charge in [0, 0.05) is 24.4 Å². The van der Waals surface area contributed by atoms with Crippen molar-refractivity contribution in [3.63, 3.8) is 0 Å². The molecule has 0 unspecified atom stereocenters. The first kappa shape index (κ1) is 24.2. The van der Waals surface area contributed by atoms with E-state index in [2.05, 4.69) is 17.4 Å². The average Bonchev–Trinajstić information content (AvgIpc) is 3.12. The van der Waals surface area contributed by atoms with E-state index in [1.54, 1.807) is 11.0 Å². The first-order valence-electron chi connectivity index (χ1n) is 11.6. The highest BCUT2D eigenvalue weighted by molar-refractivity contribution is 5.97. The fourth-order valence-corrected chi connectivity index (χ4v) is 4.41. The Labute approximate surface area is 189 Å². The topological polar surface area (TPSA) is 116 Å². The molecule has 2 heterocycles. The number of anilines is 1. The molecule has 1 aliphatic carbocycles. The molecule has 2 fully saturated rings. The lowest BCUT2D eigenvalue weighted by atomic mass is 9.93. The average molecular weight is 449 g/mol. The summed E-state index contributed by atoms with van der Waals surface area (Å²) < 4.78 is 5.36. The van der Waals surface area contributed by atoms with Crippen molar-refractivity contribution in [1.29, 1.82) is 0 Å². The third kappa shape index (κ3) is 5.88. The maximum absolute atomic E-state index is 13.2. The van der Waals surface area contributed by atoms with Gasteiger partial charge in [0.1, 0.15) is 11.8 Å². The first-order chi connectivity index (χ1) is 15.1. The number of unbranched alkanes of at least 4 members (excludes halogenated alkanes) is 1. The quantitative estimate of drug-likeness (QED) is 0.322. The summed E-state index contributed by atoms with van der Waals surface area (Å²) in [4.78, 5) is 38.9. The van der Waals surface area contributed by atoms with Crippen molar-refractivity contribution in [3.05, 3.63) is 11.8 Å². The first-order valence-corrected chi connectivity index (χ1v) is 11.6. The Kier molecular flexibility index (Phi) is 7.27. The molecule has 1 aliphatic heterocycles. The molecule has 2 aliphatic rings. The molecule has 9 nitrogen and oxygen atoms in total. The second-order valence-corrected chi connectivity index (χ2v) is 10.5. The molecule has 0 radical (unpaired) electrons. The summed E-state index contributed by atoms with van der Waals surface area (Å²) in [5, 5.41) is 17.0. The molecule has 1 aromatic rings. The third-order valence-corrected chi connectivity index (χ3v) is 6.59. The normalized spacial score (nSPS) is 20.3. The Morgan fingerprint density at radius 2 is 2.16 bits per heavy atom. The number of hydroxylamine groups is 2. The van der Waals surface area contributed by atoms with Gasteiger partial charge in [-0.25, -0.2) is 5.06 Å². The van der Waals surface area contributed by atoms with Gasteiger partial charge in [0.25, 0.3) is 0 Å². The highest BCUT2D eigenvalue weighted by Gasteiger charge is 2.55. The fraction of sp³-hybridized carbons (Fsp3) is 0.739. The van der Waals surface area contributed by atoms with Gasteiger partial charge in [-0.1, -0.05) is 45.7 Å². The highest BCUT2D eigenvalue weighted by Crippen LogP contribution is 2.55. The predicted octanol–water partition coefficient (Wildman–Crippen LogP) is 3.34. The van der Waals surface area contributed by atoms with Crippen LogP contribution < -0.4 is 5.32 Å². The van der Waals surface area contributed by atoms with Crippen LogP contribution in [0.1, 0.15) is 78.4 Å². The second-order valence-electron chi connectivity index (χ2n) is 10.5. The number of carbonyl (C=O) groups is 3. The standard InChI is InChI=1S/C23H36N4O5/c1-5-6-7-16(13-26(31)15-28)10-20(29)27-14-23(8-9-23)12-17(27)21(30)24-19-11-18(32-25-19)22(2,3)4/h11,15-17,31H,5-10,12-14H2,1-4H3,(H,24,25,30)/t16-,17+/m1/s1. The van der Waals surface area contributed by atoms with Crippen LogP contribution >= 0.6 is 0 Å². The van der Waals surface area contributed by atoms with E-state index < -0.39 is 6.04 Å². The van der Waals surface area contributed by atoms with Gasteiger partial charge in [-0.2, -0.15) is 0 Å². The number of aromatic nitrogens is 1. The third-order valence-electron chi connectivity index (χ3n) is 6.59. The molecule has 1 aromatic heterocycles. The Balaban J connectivity index is 1.68. The van der Waals surface area contributed by atoms with Gasteiger partial charge in [-0.3, -0.25) is 19.6 Å². The lowest BCUT2D eigenvalue weighted by Gasteiger charge is -2.26. The largest absolute Gasteiger partial charge is 0.359 e. The van der Waals surface area contributed by atoms with E-state index in [0.717, 1.165) is 32.1 Å². The summed E-state index contributed by atoms with van der Waals surface area (Å²) in [5.41, 5.74) is -0.179. The van der Waals surface area contributed by atoms with Crippen LogP contribution in [0.2, 0.25) is 0 Å². The molecule has 0 bridgehead atoms. The summed E-state index contributed by atoms with van der Waals surface area (Å²) in [6, 6.07) is 1.17. The minimum atomic E-state index is -0.553. The maximum atomic E-state index is 13.2. The van der Waals surface area contributed by atoms with Gasteiger partial charge < -0.3 is 14.7 Å². The van der Waals surface area contributed by atoms with Crippen LogP contribution in [-0.4, -0.2) is 57.7 Å².